The molecule has 0 unspecified atom stereocenters. The monoisotopic (exact) mass is 599 g/mol. The normalized spacial score (nSPS) is 14.9. The second kappa shape index (κ2) is 13.2. The highest BCUT2D eigenvalue weighted by Gasteiger charge is 2.28. The lowest BCUT2D eigenvalue weighted by atomic mass is 10.0. The van der Waals surface area contributed by atoms with E-state index in [1.165, 1.54) is 0 Å². The van der Waals surface area contributed by atoms with Crippen LogP contribution in [0.5, 0.6) is 0 Å². The van der Waals surface area contributed by atoms with Crippen molar-refractivity contribution in [2.75, 3.05) is 39.0 Å². The number of hydrogen-bond donors (Lipinski definition) is 1. The number of aryl methyl sites for hydroxylation is 1. The van der Waals surface area contributed by atoms with E-state index in [0.29, 0.717) is 31.0 Å². The molecule has 6 rings (SSSR count). The standard InChI is InChI=1S/C36H37N7O2/c1-25-11-16-32-33(34(40-43(32)23-25)27-8-5-4-6-9-27)31-17-19-37-36(39-31)38-29-18-21-42(24-29)35(45)28-14-12-26(13-15-28)22-30(44)10-7-20-41(2)3/h4-17,19,23,29H,18,20-22,24H2,1-3H3,(H,37,38,39)/b10-7+/t29-/m0/s1. The number of allylic oxidation sites excluding steroid dienone is 1. The second-order valence-electron chi connectivity index (χ2n) is 11.8. The van der Waals surface area contributed by atoms with Crippen molar-refractivity contribution in [3.63, 3.8) is 0 Å². The number of rotatable bonds is 10. The summed E-state index contributed by atoms with van der Waals surface area (Å²) in [5, 5.41) is 8.38. The number of hydrogen-bond acceptors (Lipinski definition) is 7. The third-order valence-electron chi connectivity index (χ3n) is 7.90. The van der Waals surface area contributed by atoms with Gasteiger partial charge in [0.25, 0.3) is 5.91 Å². The van der Waals surface area contributed by atoms with E-state index in [-0.39, 0.29) is 17.7 Å². The van der Waals surface area contributed by atoms with E-state index in [2.05, 4.69) is 41.5 Å². The van der Waals surface area contributed by atoms with Gasteiger partial charge in [-0.1, -0.05) is 54.6 Å². The molecule has 9 nitrogen and oxygen atoms in total. The summed E-state index contributed by atoms with van der Waals surface area (Å²) in [6.45, 7) is 3.96. The number of carbonyl (C=O) groups excluding carboxylic acids is 2. The summed E-state index contributed by atoms with van der Waals surface area (Å²) in [4.78, 5) is 38.8. The first-order chi connectivity index (χ1) is 21.8. The SMILES string of the molecule is Cc1ccc2c(-c3ccnc(N[C@H]4CCN(C(=O)c5ccc(CC(=O)/C=C/CN(C)C)cc5)C4)n3)c(-c3ccccc3)nn2c1. The zero-order valence-corrected chi connectivity index (χ0v) is 25.9. The fourth-order valence-electron chi connectivity index (χ4n) is 5.62. The molecule has 9 heteroatoms. The number of benzene rings is 2. The van der Waals surface area contributed by atoms with Crippen molar-refractivity contribution < 1.29 is 9.59 Å². The highest BCUT2D eigenvalue weighted by Crippen LogP contribution is 2.34. The topological polar surface area (TPSA) is 95.7 Å². The molecule has 1 amide bonds. The molecule has 2 aromatic carbocycles. The number of likely N-dealkylation sites (tertiary alicyclic amines) is 1. The van der Waals surface area contributed by atoms with Gasteiger partial charge in [-0.2, -0.15) is 5.10 Å². The lowest BCUT2D eigenvalue weighted by Gasteiger charge is -2.17. The molecule has 228 valence electrons. The van der Waals surface area contributed by atoms with Crippen LogP contribution in [0, 0.1) is 6.92 Å². The molecule has 1 aliphatic heterocycles. The van der Waals surface area contributed by atoms with E-state index < -0.39 is 0 Å². The first kappa shape index (κ1) is 29.9. The van der Waals surface area contributed by atoms with Crippen LogP contribution in [0.1, 0.15) is 27.9 Å². The summed E-state index contributed by atoms with van der Waals surface area (Å²) in [6, 6.07) is 23.6. The van der Waals surface area contributed by atoms with Crippen LogP contribution in [0.15, 0.2) is 97.3 Å². The minimum atomic E-state index is -0.0214. The van der Waals surface area contributed by atoms with E-state index in [0.717, 1.165) is 52.1 Å². The van der Waals surface area contributed by atoms with Gasteiger partial charge in [-0.05, 0) is 68.9 Å². The Hall–Kier alpha value is -5.15. The highest BCUT2D eigenvalue weighted by atomic mass is 16.2. The number of likely N-dealkylation sites (N-methyl/N-ethyl adjacent to an activating group) is 1. The maximum Gasteiger partial charge on any atom is 0.253 e. The second-order valence-corrected chi connectivity index (χ2v) is 11.8. The first-order valence-electron chi connectivity index (χ1n) is 15.2. The average Bonchev–Trinajstić information content (AvgIpc) is 3.66. The molecule has 45 heavy (non-hydrogen) atoms. The van der Waals surface area contributed by atoms with Crippen LogP contribution in [0.3, 0.4) is 0 Å². The quantitative estimate of drug-likeness (QED) is 0.217. The molecule has 1 atom stereocenters. The van der Waals surface area contributed by atoms with Crippen LogP contribution in [0.25, 0.3) is 28.0 Å². The Bertz CT molecular complexity index is 1850. The van der Waals surface area contributed by atoms with Crippen LogP contribution in [-0.2, 0) is 11.2 Å². The van der Waals surface area contributed by atoms with Crippen molar-refractivity contribution in [2.24, 2.45) is 0 Å². The number of fused-ring (bicyclic) bond motifs is 1. The molecule has 0 radical (unpaired) electrons. The predicted molar refractivity (Wildman–Crippen MR) is 177 cm³/mol. The Morgan fingerprint density at radius 1 is 1.02 bits per heavy atom. The molecule has 0 bridgehead atoms. The third kappa shape index (κ3) is 6.99. The number of nitrogens with one attached hydrogen (secondary N) is 1. The summed E-state index contributed by atoms with van der Waals surface area (Å²) in [5.74, 6) is 0.543. The third-order valence-corrected chi connectivity index (χ3v) is 7.90. The van der Waals surface area contributed by atoms with E-state index in [4.69, 9.17) is 10.1 Å². The van der Waals surface area contributed by atoms with E-state index in [1.54, 1.807) is 12.3 Å². The molecular formula is C36H37N7O2. The molecular weight excluding hydrogens is 562 g/mol. The Kier molecular flexibility index (Phi) is 8.79. The van der Waals surface area contributed by atoms with Crippen LogP contribution in [0.2, 0.25) is 0 Å². The summed E-state index contributed by atoms with van der Waals surface area (Å²) in [6.07, 6.45) is 8.37. The van der Waals surface area contributed by atoms with Crippen molar-refractivity contribution in [3.05, 3.63) is 114 Å². The van der Waals surface area contributed by atoms with Crippen LogP contribution < -0.4 is 5.32 Å². The van der Waals surface area contributed by atoms with Crippen LogP contribution in [0.4, 0.5) is 5.95 Å². The summed E-state index contributed by atoms with van der Waals surface area (Å²) >= 11 is 0. The summed E-state index contributed by atoms with van der Waals surface area (Å²) < 4.78 is 1.91. The minimum absolute atomic E-state index is 0.0214. The lowest BCUT2D eigenvalue weighted by Crippen LogP contribution is -2.31. The zero-order valence-electron chi connectivity index (χ0n) is 25.9. The van der Waals surface area contributed by atoms with Crippen molar-refractivity contribution in [1.82, 2.24) is 29.4 Å². The Labute approximate surface area is 263 Å². The van der Waals surface area contributed by atoms with Gasteiger partial charge in [0.1, 0.15) is 5.69 Å². The van der Waals surface area contributed by atoms with Crippen molar-refractivity contribution in [3.8, 4) is 22.5 Å². The number of nitrogens with zero attached hydrogens (tertiary/aromatic N) is 6. The number of carbonyl (C=O) groups is 2. The molecule has 1 fully saturated rings. The van der Waals surface area contributed by atoms with E-state index >= 15 is 0 Å². The molecule has 4 heterocycles. The van der Waals surface area contributed by atoms with Crippen molar-refractivity contribution in [1.29, 1.82) is 0 Å². The van der Waals surface area contributed by atoms with Crippen molar-refractivity contribution >= 4 is 23.2 Å². The number of ketones is 1. The van der Waals surface area contributed by atoms with Gasteiger partial charge in [-0.15, -0.1) is 0 Å². The number of pyridine rings is 1. The average molecular weight is 600 g/mol. The number of anilines is 1. The zero-order chi connectivity index (χ0) is 31.3. The van der Waals surface area contributed by atoms with Crippen LogP contribution >= 0.6 is 0 Å². The highest BCUT2D eigenvalue weighted by molar-refractivity contribution is 5.95. The Morgan fingerprint density at radius 3 is 2.60 bits per heavy atom. The van der Waals surface area contributed by atoms with Gasteiger partial charge >= 0.3 is 0 Å². The maximum absolute atomic E-state index is 13.3. The molecule has 0 aliphatic carbocycles. The van der Waals surface area contributed by atoms with Crippen molar-refractivity contribution in [2.45, 2.75) is 25.8 Å². The molecule has 5 aromatic rings. The predicted octanol–water partition coefficient (Wildman–Crippen LogP) is 5.32. The fourth-order valence-corrected chi connectivity index (χ4v) is 5.62. The molecule has 1 N–H and O–H groups in total. The van der Waals surface area contributed by atoms with Gasteiger partial charge in [0.2, 0.25) is 5.95 Å². The molecule has 1 aliphatic rings. The summed E-state index contributed by atoms with van der Waals surface area (Å²) in [7, 11) is 3.92. The van der Waals surface area contributed by atoms with Gasteiger partial charge in [-0.25, -0.2) is 14.5 Å². The van der Waals surface area contributed by atoms with E-state index in [1.807, 2.05) is 89.2 Å². The molecule has 1 saturated heterocycles. The number of amides is 1. The first-order valence-corrected chi connectivity index (χ1v) is 15.2. The molecule has 0 spiro atoms. The van der Waals surface area contributed by atoms with Gasteiger partial charge in [-0.3, -0.25) is 9.59 Å². The maximum atomic E-state index is 13.3. The largest absolute Gasteiger partial charge is 0.350 e. The molecule has 0 saturated carbocycles. The van der Waals surface area contributed by atoms with Gasteiger partial charge in [0, 0.05) is 55.6 Å². The fraction of sp³-hybridized carbons (Fsp3) is 0.250. The van der Waals surface area contributed by atoms with Gasteiger partial charge in [0.15, 0.2) is 5.78 Å². The Morgan fingerprint density at radius 2 is 1.82 bits per heavy atom. The van der Waals surface area contributed by atoms with Gasteiger partial charge < -0.3 is 15.1 Å². The minimum Gasteiger partial charge on any atom is -0.350 e. The lowest BCUT2D eigenvalue weighted by molar-refractivity contribution is -0.114. The summed E-state index contributed by atoms with van der Waals surface area (Å²) in [5.41, 5.74) is 7.20. The van der Waals surface area contributed by atoms with E-state index in [9.17, 15) is 9.59 Å². The molecule has 3 aromatic heterocycles. The number of aromatic nitrogens is 4. The van der Waals surface area contributed by atoms with Gasteiger partial charge in [0.05, 0.1) is 16.8 Å². The smallest absolute Gasteiger partial charge is 0.253 e. The Balaban J connectivity index is 1.13. The van der Waals surface area contributed by atoms with Crippen LogP contribution in [-0.4, -0.2) is 80.8 Å².